The molecule has 0 saturated carbocycles. The predicted octanol–water partition coefficient (Wildman–Crippen LogP) is 3.21. The Hall–Kier alpha value is -2.35. The number of non-ortho nitro benzene ring substituents is 1. The number of nitro groups is 1. The first-order valence-electron chi connectivity index (χ1n) is 5.39. The second-order valence-electron chi connectivity index (χ2n) is 3.70. The summed E-state index contributed by atoms with van der Waals surface area (Å²) in [6.07, 6.45) is 1.35. The smallest absolute Gasteiger partial charge is 0.271 e. The number of halogens is 1. The van der Waals surface area contributed by atoms with E-state index in [-0.39, 0.29) is 21.6 Å². The van der Waals surface area contributed by atoms with Crippen molar-refractivity contribution in [2.75, 3.05) is 12.4 Å². The summed E-state index contributed by atoms with van der Waals surface area (Å²) in [4.78, 5) is 22.2. The van der Waals surface area contributed by atoms with Crippen molar-refractivity contribution in [3.05, 3.63) is 50.9 Å². The Labute approximate surface area is 121 Å². The van der Waals surface area contributed by atoms with E-state index in [4.69, 9.17) is 9.15 Å². The molecule has 0 bridgehead atoms. The topological polar surface area (TPSA) is 94.6 Å². The number of hydrogen-bond donors (Lipinski definition) is 1. The van der Waals surface area contributed by atoms with Gasteiger partial charge in [0.1, 0.15) is 5.75 Å². The van der Waals surface area contributed by atoms with Gasteiger partial charge in [0.05, 0.1) is 29.5 Å². The second kappa shape index (κ2) is 5.74. The minimum absolute atomic E-state index is 0.146. The number of nitro benzene ring substituents is 1. The van der Waals surface area contributed by atoms with Crippen LogP contribution in [0.1, 0.15) is 10.4 Å². The van der Waals surface area contributed by atoms with Crippen LogP contribution in [0.3, 0.4) is 0 Å². The first-order chi connectivity index (χ1) is 9.52. The highest BCUT2D eigenvalue weighted by molar-refractivity contribution is 9.10. The number of ether oxygens (including phenoxy) is 1. The third kappa shape index (κ3) is 2.80. The average Bonchev–Trinajstić information content (AvgIpc) is 2.84. The van der Waals surface area contributed by atoms with Gasteiger partial charge in [0.15, 0.2) is 4.67 Å². The molecule has 104 valence electrons. The fourth-order valence-corrected chi connectivity index (χ4v) is 1.97. The van der Waals surface area contributed by atoms with E-state index in [2.05, 4.69) is 21.2 Å². The van der Waals surface area contributed by atoms with Crippen LogP contribution in [-0.4, -0.2) is 17.9 Å². The summed E-state index contributed by atoms with van der Waals surface area (Å²) in [6.45, 7) is 0. The molecule has 20 heavy (non-hydrogen) atoms. The van der Waals surface area contributed by atoms with Gasteiger partial charge in [-0.1, -0.05) is 0 Å². The van der Waals surface area contributed by atoms with Crippen molar-refractivity contribution in [1.29, 1.82) is 0 Å². The Balaban J connectivity index is 2.32. The summed E-state index contributed by atoms with van der Waals surface area (Å²) in [5.74, 6) is -0.145. The van der Waals surface area contributed by atoms with Gasteiger partial charge < -0.3 is 14.5 Å². The zero-order valence-electron chi connectivity index (χ0n) is 10.3. The zero-order chi connectivity index (χ0) is 14.7. The minimum atomic E-state index is -0.553. The maximum absolute atomic E-state index is 12.0. The number of hydrogen-bond acceptors (Lipinski definition) is 5. The number of furan rings is 1. The molecule has 0 unspecified atom stereocenters. The SMILES string of the molecule is COc1ccc([N+](=O)[O-])cc1NC(=O)c1ccoc1Br. The molecule has 0 spiro atoms. The van der Waals surface area contributed by atoms with Crippen molar-refractivity contribution >= 4 is 33.2 Å². The van der Waals surface area contributed by atoms with Gasteiger partial charge in [-0.05, 0) is 28.1 Å². The Bertz CT molecular complexity index is 668. The largest absolute Gasteiger partial charge is 0.495 e. The molecule has 1 heterocycles. The monoisotopic (exact) mass is 340 g/mol. The summed E-state index contributed by atoms with van der Waals surface area (Å²) in [5, 5.41) is 13.3. The van der Waals surface area contributed by atoms with Crippen LogP contribution in [0, 0.1) is 10.1 Å². The Kier molecular flexibility index (Phi) is 4.04. The molecule has 2 rings (SSSR count). The lowest BCUT2D eigenvalue weighted by Gasteiger charge is -2.09. The zero-order valence-corrected chi connectivity index (χ0v) is 11.8. The molecular formula is C12H9BrN2O5. The fraction of sp³-hybridized carbons (Fsp3) is 0.0833. The van der Waals surface area contributed by atoms with E-state index in [1.54, 1.807) is 0 Å². The molecule has 0 atom stereocenters. The number of amides is 1. The summed E-state index contributed by atoms with van der Waals surface area (Å²) in [7, 11) is 1.41. The summed E-state index contributed by atoms with van der Waals surface area (Å²) >= 11 is 3.09. The molecule has 1 amide bonds. The minimum Gasteiger partial charge on any atom is -0.495 e. The molecule has 1 aromatic heterocycles. The first-order valence-corrected chi connectivity index (χ1v) is 6.19. The van der Waals surface area contributed by atoms with Crippen LogP contribution in [0.25, 0.3) is 0 Å². The maximum atomic E-state index is 12.0. The van der Waals surface area contributed by atoms with Gasteiger partial charge in [-0.3, -0.25) is 14.9 Å². The number of benzene rings is 1. The van der Waals surface area contributed by atoms with Crippen molar-refractivity contribution in [2.45, 2.75) is 0 Å². The third-order valence-electron chi connectivity index (χ3n) is 2.50. The normalized spacial score (nSPS) is 10.1. The number of nitrogens with zero attached hydrogens (tertiary/aromatic N) is 1. The van der Waals surface area contributed by atoms with E-state index in [1.165, 1.54) is 37.6 Å². The summed E-state index contributed by atoms with van der Waals surface area (Å²) < 4.78 is 10.3. The van der Waals surface area contributed by atoms with E-state index < -0.39 is 10.8 Å². The van der Waals surface area contributed by atoms with Gasteiger partial charge in [0.2, 0.25) is 0 Å². The van der Waals surface area contributed by atoms with Gasteiger partial charge in [0, 0.05) is 12.1 Å². The number of methoxy groups -OCH3 is 1. The molecule has 8 heteroatoms. The third-order valence-corrected chi connectivity index (χ3v) is 3.12. The number of anilines is 1. The van der Waals surface area contributed by atoms with E-state index in [9.17, 15) is 14.9 Å². The summed E-state index contributed by atoms with van der Waals surface area (Å²) in [6, 6.07) is 5.41. The number of carbonyl (C=O) groups excluding carboxylic acids is 1. The van der Waals surface area contributed by atoms with Crippen LogP contribution in [0.4, 0.5) is 11.4 Å². The van der Waals surface area contributed by atoms with Crippen molar-refractivity contribution in [2.24, 2.45) is 0 Å². The predicted molar refractivity (Wildman–Crippen MR) is 74.0 cm³/mol. The van der Waals surface area contributed by atoms with E-state index >= 15 is 0 Å². The first kappa shape index (κ1) is 14.1. The van der Waals surface area contributed by atoms with Crippen molar-refractivity contribution in [3.8, 4) is 5.75 Å². The lowest BCUT2D eigenvalue weighted by Crippen LogP contribution is -2.12. The van der Waals surface area contributed by atoms with Crippen LogP contribution in [0.5, 0.6) is 5.75 Å². The van der Waals surface area contributed by atoms with Crippen molar-refractivity contribution < 1.29 is 18.9 Å². The van der Waals surface area contributed by atoms with Crippen LogP contribution in [0.2, 0.25) is 0 Å². The standard InChI is InChI=1S/C12H9BrN2O5/c1-19-10-3-2-7(15(17)18)6-9(10)14-12(16)8-4-5-20-11(8)13/h2-6H,1H3,(H,14,16). The quantitative estimate of drug-likeness (QED) is 0.681. The summed E-state index contributed by atoms with van der Waals surface area (Å²) in [5.41, 5.74) is 0.339. The Morgan fingerprint density at radius 1 is 1.45 bits per heavy atom. The fourth-order valence-electron chi connectivity index (χ4n) is 1.55. The number of carbonyl (C=O) groups is 1. The van der Waals surface area contributed by atoms with Gasteiger partial charge >= 0.3 is 0 Å². The number of nitrogens with one attached hydrogen (secondary N) is 1. The van der Waals surface area contributed by atoms with Crippen LogP contribution >= 0.6 is 15.9 Å². The molecule has 0 aliphatic rings. The molecule has 0 radical (unpaired) electrons. The lowest BCUT2D eigenvalue weighted by molar-refractivity contribution is -0.384. The molecule has 1 aromatic carbocycles. The maximum Gasteiger partial charge on any atom is 0.271 e. The second-order valence-corrected chi connectivity index (χ2v) is 4.42. The van der Waals surface area contributed by atoms with Crippen molar-refractivity contribution in [3.63, 3.8) is 0 Å². The molecule has 1 N–H and O–H groups in total. The van der Waals surface area contributed by atoms with Gasteiger partial charge in [-0.25, -0.2) is 0 Å². The molecule has 2 aromatic rings. The average molecular weight is 341 g/mol. The Morgan fingerprint density at radius 2 is 2.20 bits per heavy atom. The van der Waals surface area contributed by atoms with Crippen molar-refractivity contribution in [1.82, 2.24) is 0 Å². The van der Waals surface area contributed by atoms with E-state index in [1.807, 2.05) is 0 Å². The molecule has 0 saturated heterocycles. The van der Waals surface area contributed by atoms with Gasteiger partial charge in [-0.15, -0.1) is 0 Å². The molecule has 7 nitrogen and oxygen atoms in total. The van der Waals surface area contributed by atoms with E-state index in [0.717, 1.165) is 0 Å². The highest BCUT2D eigenvalue weighted by Crippen LogP contribution is 2.30. The highest BCUT2D eigenvalue weighted by atomic mass is 79.9. The molecular weight excluding hydrogens is 332 g/mol. The highest BCUT2D eigenvalue weighted by Gasteiger charge is 2.17. The van der Waals surface area contributed by atoms with Gasteiger partial charge in [-0.2, -0.15) is 0 Å². The molecule has 0 aliphatic carbocycles. The van der Waals surface area contributed by atoms with Crippen LogP contribution in [0.15, 0.2) is 39.6 Å². The lowest BCUT2D eigenvalue weighted by atomic mass is 10.2. The van der Waals surface area contributed by atoms with Gasteiger partial charge in [0.25, 0.3) is 11.6 Å². The molecule has 0 aliphatic heterocycles. The molecule has 0 fully saturated rings. The number of rotatable bonds is 4. The Morgan fingerprint density at radius 3 is 2.75 bits per heavy atom. The van der Waals surface area contributed by atoms with Crippen LogP contribution in [-0.2, 0) is 0 Å². The van der Waals surface area contributed by atoms with E-state index in [0.29, 0.717) is 5.75 Å². The van der Waals surface area contributed by atoms with Crippen LogP contribution < -0.4 is 10.1 Å².